The molecule has 1 aromatic heterocycles. The Morgan fingerprint density at radius 3 is 2.46 bits per heavy atom. The van der Waals surface area contributed by atoms with E-state index in [9.17, 15) is 18.0 Å². The van der Waals surface area contributed by atoms with Crippen LogP contribution in [0.1, 0.15) is 55.7 Å². The summed E-state index contributed by atoms with van der Waals surface area (Å²) in [5.74, 6) is 1.41. The van der Waals surface area contributed by atoms with Gasteiger partial charge in [-0.25, -0.2) is 14.5 Å². The van der Waals surface area contributed by atoms with Crippen molar-refractivity contribution in [1.29, 1.82) is 0 Å². The first-order chi connectivity index (χ1) is 22.0. The van der Waals surface area contributed by atoms with Gasteiger partial charge in [-0.3, -0.25) is 0 Å². The highest BCUT2D eigenvalue weighted by atomic mass is 32.2. The van der Waals surface area contributed by atoms with Crippen molar-refractivity contribution in [2.75, 3.05) is 17.2 Å². The Balaban J connectivity index is 1.12. The number of hydrogen-bond donors (Lipinski definition) is 1. The maximum absolute atomic E-state index is 12.8. The van der Waals surface area contributed by atoms with Crippen LogP contribution in [-0.2, 0) is 0 Å². The molecule has 4 aromatic rings. The van der Waals surface area contributed by atoms with E-state index in [1.807, 2.05) is 24.3 Å². The number of amidine groups is 1. The fraction of sp³-hybridized carbons (Fsp3) is 0.353. The van der Waals surface area contributed by atoms with Crippen LogP contribution < -0.4 is 15.0 Å². The highest BCUT2D eigenvalue weighted by Crippen LogP contribution is 2.34. The van der Waals surface area contributed by atoms with Gasteiger partial charge in [-0.2, -0.15) is 4.99 Å². The zero-order valence-electron chi connectivity index (χ0n) is 26.2. The summed E-state index contributed by atoms with van der Waals surface area (Å²) in [5.41, 5.74) is 6.01. The molecule has 5 rings (SSSR count). The molecular formula is C34H37F3N6O2S. The van der Waals surface area contributed by atoms with Crippen LogP contribution >= 0.6 is 11.8 Å². The van der Waals surface area contributed by atoms with Gasteiger partial charge in [0.15, 0.2) is 11.0 Å². The summed E-state index contributed by atoms with van der Waals surface area (Å²) in [7, 11) is 0. The molecule has 242 valence electrons. The number of nitrogens with one attached hydrogen (secondary N) is 1. The van der Waals surface area contributed by atoms with Crippen LogP contribution in [0.2, 0.25) is 0 Å². The molecule has 1 saturated heterocycles. The van der Waals surface area contributed by atoms with Crippen LogP contribution in [0.4, 0.5) is 23.7 Å². The number of aryl methyl sites for hydroxylation is 2. The van der Waals surface area contributed by atoms with Gasteiger partial charge >= 0.3 is 12.4 Å². The number of carbonyl (C=O) groups excluding carboxylic acids is 1. The fourth-order valence-electron chi connectivity index (χ4n) is 5.47. The molecule has 12 heteroatoms. The Labute approximate surface area is 271 Å². The van der Waals surface area contributed by atoms with Crippen LogP contribution in [0.15, 0.2) is 78.0 Å². The smallest absolute Gasteiger partial charge is 0.406 e. The minimum atomic E-state index is -4.74. The van der Waals surface area contributed by atoms with E-state index in [1.165, 1.54) is 46.4 Å². The molecule has 1 N–H and O–H groups in total. The summed E-state index contributed by atoms with van der Waals surface area (Å²) in [6.07, 6.45) is -0.507. The van der Waals surface area contributed by atoms with E-state index in [2.05, 4.69) is 75.9 Å². The number of aliphatic imine (C=N–C) groups is 1. The van der Waals surface area contributed by atoms with Gasteiger partial charge in [-0.15, -0.1) is 18.3 Å². The summed E-state index contributed by atoms with van der Waals surface area (Å²) < 4.78 is 42.7. The molecule has 0 radical (unpaired) electrons. The minimum Gasteiger partial charge on any atom is -0.406 e. The van der Waals surface area contributed by atoms with Crippen LogP contribution in [0.25, 0.3) is 17.1 Å². The van der Waals surface area contributed by atoms with Crippen molar-refractivity contribution >= 4 is 28.6 Å². The number of halogens is 3. The van der Waals surface area contributed by atoms with Gasteiger partial charge in [0.05, 0.1) is 5.69 Å². The number of para-hydroxylation sites is 1. The zero-order chi connectivity index (χ0) is 32.8. The normalized spacial score (nSPS) is 16.8. The van der Waals surface area contributed by atoms with Gasteiger partial charge in [-0.05, 0) is 86.9 Å². The van der Waals surface area contributed by atoms with Crippen molar-refractivity contribution in [3.05, 3.63) is 89.7 Å². The molecule has 1 aliphatic heterocycles. The second kappa shape index (κ2) is 14.4. The maximum atomic E-state index is 12.8. The molecule has 0 bridgehead atoms. The number of hydrogen-bond acceptors (Lipinski definition) is 5. The number of thioether (sulfide) groups is 1. The first kappa shape index (κ1) is 33.1. The summed E-state index contributed by atoms with van der Waals surface area (Å²) in [6.45, 7) is 9.05. The lowest BCUT2D eigenvalue weighted by Crippen LogP contribution is -2.43. The summed E-state index contributed by atoms with van der Waals surface area (Å²) in [4.78, 5) is 23.8. The van der Waals surface area contributed by atoms with Crippen LogP contribution in [0.3, 0.4) is 0 Å². The van der Waals surface area contributed by atoms with Gasteiger partial charge in [0.25, 0.3) is 0 Å². The molecule has 2 atom stereocenters. The SMILES string of the molecule is Cc1cccc(C)c1N1C(=NC(=O)NCCCC(C)c2ccc(-c3ncn(-c4ccc(OC(F)(F)F)cc4)n3)cc2)SCCC1C. The Kier molecular flexibility index (Phi) is 10.4. The lowest BCUT2D eigenvalue weighted by atomic mass is 9.95. The van der Waals surface area contributed by atoms with Crippen LogP contribution in [-0.4, -0.2) is 50.7 Å². The Morgan fingerprint density at radius 1 is 1.09 bits per heavy atom. The number of aromatic nitrogens is 3. The van der Waals surface area contributed by atoms with E-state index in [-0.39, 0.29) is 23.7 Å². The topological polar surface area (TPSA) is 84.6 Å². The summed E-state index contributed by atoms with van der Waals surface area (Å²) >= 11 is 1.62. The van der Waals surface area contributed by atoms with Crippen molar-refractivity contribution in [2.24, 2.45) is 4.99 Å². The van der Waals surface area contributed by atoms with Crippen molar-refractivity contribution in [2.45, 2.75) is 65.3 Å². The number of alkyl halides is 3. The van der Waals surface area contributed by atoms with Crippen molar-refractivity contribution < 1.29 is 22.7 Å². The van der Waals surface area contributed by atoms with E-state index < -0.39 is 6.36 Å². The summed E-state index contributed by atoms with van der Waals surface area (Å²) in [5, 5.41) is 8.19. The quantitative estimate of drug-likeness (QED) is 0.183. The average molecular weight is 651 g/mol. The predicted molar refractivity (Wildman–Crippen MR) is 177 cm³/mol. The van der Waals surface area contributed by atoms with Gasteiger partial charge in [-0.1, -0.05) is 61.2 Å². The number of urea groups is 1. The molecule has 46 heavy (non-hydrogen) atoms. The maximum Gasteiger partial charge on any atom is 0.573 e. The van der Waals surface area contributed by atoms with Crippen molar-refractivity contribution in [1.82, 2.24) is 20.1 Å². The second-order valence-electron chi connectivity index (χ2n) is 11.4. The van der Waals surface area contributed by atoms with Crippen LogP contribution in [0.5, 0.6) is 5.75 Å². The molecule has 0 saturated carbocycles. The molecule has 8 nitrogen and oxygen atoms in total. The molecule has 1 aliphatic rings. The second-order valence-corrected chi connectivity index (χ2v) is 12.5. The van der Waals surface area contributed by atoms with Crippen LogP contribution in [0, 0.1) is 13.8 Å². The third-order valence-electron chi connectivity index (χ3n) is 7.95. The lowest BCUT2D eigenvalue weighted by molar-refractivity contribution is -0.274. The standard InChI is InChI=1S/C34H37F3N6O2S/c1-22(9-6-19-38-32(44)40-33-43(25(4)18-20-46-33)30-23(2)7-5-8-24(30)3)26-10-12-27(13-11-26)31-39-21-42(41-31)28-14-16-29(17-15-28)45-34(35,36)37/h5,7-8,10-17,21-22,25H,6,9,18-20H2,1-4H3,(H,38,44). The molecule has 3 aromatic carbocycles. The molecule has 2 unspecified atom stereocenters. The number of amides is 2. The monoisotopic (exact) mass is 650 g/mol. The Hall–Kier alpha value is -4.32. The third kappa shape index (κ3) is 8.28. The van der Waals surface area contributed by atoms with E-state index in [4.69, 9.17) is 0 Å². The molecule has 2 amide bonds. The fourth-order valence-corrected chi connectivity index (χ4v) is 6.67. The van der Waals surface area contributed by atoms with Gasteiger partial charge in [0, 0.05) is 29.6 Å². The van der Waals surface area contributed by atoms with Crippen molar-refractivity contribution in [3.8, 4) is 22.8 Å². The first-order valence-corrected chi connectivity index (χ1v) is 16.2. The third-order valence-corrected chi connectivity index (χ3v) is 8.93. The number of carbonyl (C=O) groups is 1. The van der Waals surface area contributed by atoms with Gasteiger partial charge in [0.1, 0.15) is 12.1 Å². The summed E-state index contributed by atoms with van der Waals surface area (Å²) in [6, 6.07) is 19.6. The highest BCUT2D eigenvalue weighted by Gasteiger charge is 2.31. The number of ether oxygens (including phenoxy) is 1. The lowest BCUT2D eigenvalue weighted by Gasteiger charge is -2.37. The number of anilines is 1. The van der Waals surface area contributed by atoms with E-state index >= 15 is 0 Å². The largest absolute Gasteiger partial charge is 0.573 e. The van der Waals surface area contributed by atoms with E-state index in [0.29, 0.717) is 18.1 Å². The predicted octanol–water partition coefficient (Wildman–Crippen LogP) is 8.43. The molecular weight excluding hydrogens is 613 g/mol. The van der Waals surface area contributed by atoms with Crippen molar-refractivity contribution in [3.63, 3.8) is 0 Å². The molecule has 0 spiro atoms. The number of rotatable bonds is 9. The van der Waals surface area contributed by atoms with E-state index in [0.717, 1.165) is 47.0 Å². The zero-order valence-corrected chi connectivity index (χ0v) is 27.0. The Morgan fingerprint density at radius 2 is 1.78 bits per heavy atom. The number of benzene rings is 3. The van der Waals surface area contributed by atoms with Gasteiger partial charge in [0.2, 0.25) is 0 Å². The Bertz CT molecular complexity index is 1650. The first-order valence-electron chi connectivity index (χ1n) is 15.2. The highest BCUT2D eigenvalue weighted by molar-refractivity contribution is 8.14. The van der Waals surface area contributed by atoms with E-state index in [1.54, 1.807) is 11.8 Å². The molecule has 2 heterocycles. The average Bonchev–Trinajstić information content (AvgIpc) is 3.50. The molecule has 0 aliphatic carbocycles. The number of nitrogens with zero attached hydrogens (tertiary/aromatic N) is 5. The molecule has 1 fully saturated rings. The minimum absolute atomic E-state index is 0.258. The van der Waals surface area contributed by atoms with Gasteiger partial charge < -0.3 is 15.0 Å².